The molecule has 0 bridgehead atoms. The Morgan fingerprint density at radius 1 is 0.524 bits per heavy atom. The van der Waals surface area contributed by atoms with Crippen LogP contribution < -0.4 is 4.90 Å². The molecule has 0 saturated heterocycles. The maximum Gasteiger partial charge on any atom is 0.227 e. The molecule has 9 rings (SSSR count). The summed E-state index contributed by atoms with van der Waals surface area (Å²) in [5.74, 6) is 0.603. The van der Waals surface area contributed by atoms with Crippen LogP contribution >= 0.6 is 11.3 Å². The van der Waals surface area contributed by atoms with Crippen LogP contribution in [-0.2, 0) is 0 Å². The van der Waals surface area contributed by atoms with E-state index in [2.05, 4.69) is 95.9 Å². The Morgan fingerprint density at radius 2 is 1.24 bits per heavy atom. The Kier molecular flexibility index (Phi) is 5.03. The zero-order valence-corrected chi connectivity index (χ0v) is 23.1. The fraction of sp³-hybridized carbons (Fsp3) is 0. The lowest BCUT2D eigenvalue weighted by atomic mass is 10.1. The standard InChI is InChI=1S/C37H22N2O2S/c1-3-9-23(10-4-1)37-38-30-18-20-32-35(36(30)41-37)29-21-25(16-19-31(29)40-32)39(24-11-5-2-6-12-24)26-15-17-28-27-13-7-8-14-33(27)42-34(28)22-26/h1-22H. The number of hydrogen-bond donors (Lipinski definition) is 0. The second-order valence-electron chi connectivity index (χ2n) is 10.4. The van der Waals surface area contributed by atoms with Crippen molar-refractivity contribution in [2.24, 2.45) is 0 Å². The van der Waals surface area contributed by atoms with Crippen LogP contribution in [0, 0.1) is 0 Å². The van der Waals surface area contributed by atoms with Gasteiger partial charge >= 0.3 is 0 Å². The number of fused-ring (bicyclic) bond motifs is 8. The minimum Gasteiger partial charge on any atom is -0.456 e. The van der Waals surface area contributed by atoms with Gasteiger partial charge in [0.1, 0.15) is 16.7 Å². The summed E-state index contributed by atoms with van der Waals surface area (Å²) in [6.45, 7) is 0. The zero-order valence-electron chi connectivity index (χ0n) is 22.3. The van der Waals surface area contributed by atoms with Crippen LogP contribution in [0.1, 0.15) is 0 Å². The van der Waals surface area contributed by atoms with Crippen LogP contribution in [0.3, 0.4) is 0 Å². The van der Waals surface area contributed by atoms with Gasteiger partial charge in [0, 0.05) is 48.2 Å². The topological polar surface area (TPSA) is 42.4 Å². The first kappa shape index (κ1) is 23.3. The van der Waals surface area contributed by atoms with Crippen molar-refractivity contribution < 1.29 is 8.83 Å². The van der Waals surface area contributed by atoms with Crippen LogP contribution in [0.15, 0.2) is 142 Å². The highest BCUT2D eigenvalue weighted by atomic mass is 32.1. The van der Waals surface area contributed by atoms with Gasteiger partial charge in [-0.2, -0.15) is 0 Å². The molecule has 0 aliphatic carbocycles. The molecule has 6 aromatic carbocycles. The highest BCUT2D eigenvalue weighted by molar-refractivity contribution is 7.25. The smallest absolute Gasteiger partial charge is 0.227 e. The summed E-state index contributed by atoms with van der Waals surface area (Å²) in [5.41, 5.74) is 7.31. The molecule has 3 heterocycles. The summed E-state index contributed by atoms with van der Waals surface area (Å²) < 4.78 is 15.3. The van der Waals surface area contributed by atoms with Gasteiger partial charge in [0.05, 0.1) is 5.39 Å². The lowest BCUT2D eigenvalue weighted by molar-refractivity contribution is 0.622. The van der Waals surface area contributed by atoms with E-state index in [0.29, 0.717) is 5.89 Å². The van der Waals surface area contributed by atoms with Gasteiger partial charge in [0.25, 0.3) is 0 Å². The molecular weight excluding hydrogens is 536 g/mol. The van der Waals surface area contributed by atoms with Crippen molar-refractivity contribution in [3.8, 4) is 11.5 Å². The van der Waals surface area contributed by atoms with E-state index < -0.39 is 0 Å². The van der Waals surface area contributed by atoms with Crippen molar-refractivity contribution in [1.29, 1.82) is 0 Å². The number of nitrogens with zero attached hydrogens (tertiary/aromatic N) is 2. The van der Waals surface area contributed by atoms with Crippen LogP contribution in [0.5, 0.6) is 0 Å². The molecule has 0 atom stereocenters. The zero-order chi connectivity index (χ0) is 27.6. The van der Waals surface area contributed by atoms with Crippen molar-refractivity contribution in [1.82, 2.24) is 4.98 Å². The van der Waals surface area contributed by atoms with Crippen LogP contribution in [-0.4, -0.2) is 4.98 Å². The molecule has 0 unspecified atom stereocenters. The van der Waals surface area contributed by atoms with E-state index in [9.17, 15) is 0 Å². The number of oxazole rings is 1. The Morgan fingerprint density at radius 3 is 2.12 bits per heavy atom. The average molecular weight is 559 g/mol. The molecule has 9 aromatic rings. The van der Waals surface area contributed by atoms with E-state index in [1.165, 1.54) is 20.2 Å². The number of aromatic nitrogens is 1. The van der Waals surface area contributed by atoms with Gasteiger partial charge in [-0.05, 0) is 72.8 Å². The molecule has 198 valence electrons. The average Bonchev–Trinajstić information content (AvgIpc) is 3.75. The van der Waals surface area contributed by atoms with Gasteiger partial charge in [0.2, 0.25) is 5.89 Å². The Hall–Kier alpha value is -5.39. The summed E-state index contributed by atoms with van der Waals surface area (Å²) >= 11 is 1.83. The monoisotopic (exact) mass is 558 g/mol. The number of anilines is 3. The fourth-order valence-electron chi connectivity index (χ4n) is 5.96. The van der Waals surface area contributed by atoms with Gasteiger partial charge in [0.15, 0.2) is 5.58 Å². The number of para-hydroxylation sites is 1. The van der Waals surface area contributed by atoms with Crippen molar-refractivity contribution >= 4 is 81.6 Å². The third-order valence-corrected chi connectivity index (χ3v) is 9.02. The Labute approximate surface area is 244 Å². The normalized spacial score (nSPS) is 11.8. The first-order valence-electron chi connectivity index (χ1n) is 13.9. The summed E-state index contributed by atoms with van der Waals surface area (Å²) in [6, 6.07) is 46.2. The summed E-state index contributed by atoms with van der Waals surface area (Å²) in [4.78, 5) is 7.11. The van der Waals surface area contributed by atoms with E-state index in [0.717, 1.165) is 55.7 Å². The second kappa shape index (κ2) is 9.06. The molecule has 3 aromatic heterocycles. The minimum absolute atomic E-state index is 0.603. The first-order chi connectivity index (χ1) is 20.8. The highest BCUT2D eigenvalue weighted by Gasteiger charge is 2.20. The third kappa shape index (κ3) is 3.57. The maximum absolute atomic E-state index is 6.40. The van der Waals surface area contributed by atoms with E-state index >= 15 is 0 Å². The highest BCUT2D eigenvalue weighted by Crippen LogP contribution is 2.43. The van der Waals surface area contributed by atoms with Crippen molar-refractivity contribution in [3.63, 3.8) is 0 Å². The van der Waals surface area contributed by atoms with Crippen LogP contribution in [0.25, 0.3) is 64.7 Å². The molecule has 42 heavy (non-hydrogen) atoms. The molecule has 4 nitrogen and oxygen atoms in total. The van der Waals surface area contributed by atoms with Crippen molar-refractivity contribution in [2.45, 2.75) is 0 Å². The van der Waals surface area contributed by atoms with Gasteiger partial charge in [-0.15, -0.1) is 11.3 Å². The molecule has 5 heteroatoms. The van der Waals surface area contributed by atoms with Crippen molar-refractivity contribution in [3.05, 3.63) is 133 Å². The molecule has 0 radical (unpaired) electrons. The van der Waals surface area contributed by atoms with Gasteiger partial charge in [-0.25, -0.2) is 4.98 Å². The van der Waals surface area contributed by atoms with E-state index in [4.69, 9.17) is 13.8 Å². The lowest BCUT2D eigenvalue weighted by Gasteiger charge is -2.25. The molecule has 0 aliphatic rings. The fourth-order valence-corrected chi connectivity index (χ4v) is 7.10. The first-order valence-corrected chi connectivity index (χ1v) is 14.7. The predicted octanol–water partition coefficient (Wildman–Crippen LogP) is 11.2. The molecule has 0 N–H and O–H groups in total. The Balaban J connectivity index is 1.26. The number of thiophene rings is 1. The minimum atomic E-state index is 0.603. The lowest BCUT2D eigenvalue weighted by Crippen LogP contribution is -2.09. The number of hydrogen-bond acceptors (Lipinski definition) is 5. The maximum atomic E-state index is 6.40. The molecular formula is C37H22N2O2S. The van der Waals surface area contributed by atoms with Crippen LogP contribution in [0.4, 0.5) is 17.1 Å². The molecule has 0 aliphatic heterocycles. The van der Waals surface area contributed by atoms with Gasteiger partial charge < -0.3 is 13.7 Å². The molecule has 0 spiro atoms. The van der Waals surface area contributed by atoms with Crippen LogP contribution in [0.2, 0.25) is 0 Å². The van der Waals surface area contributed by atoms with E-state index in [1.54, 1.807) is 0 Å². The van der Waals surface area contributed by atoms with Gasteiger partial charge in [-0.3, -0.25) is 0 Å². The SMILES string of the molecule is c1ccc(-c2nc3ccc4oc5ccc(N(c6ccccc6)c6ccc7c(c6)sc6ccccc67)cc5c4c3o2)cc1. The molecule has 0 amide bonds. The number of furan rings is 1. The van der Waals surface area contributed by atoms with E-state index in [-0.39, 0.29) is 0 Å². The van der Waals surface area contributed by atoms with Crippen molar-refractivity contribution in [2.75, 3.05) is 4.90 Å². The predicted molar refractivity (Wildman–Crippen MR) is 174 cm³/mol. The third-order valence-electron chi connectivity index (χ3n) is 7.89. The summed E-state index contributed by atoms with van der Waals surface area (Å²) in [5, 5.41) is 4.51. The Bertz CT molecular complexity index is 2420. The summed E-state index contributed by atoms with van der Waals surface area (Å²) in [6.07, 6.45) is 0. The summed E-state index contributed by atoms with van der Waals surface area (Å²) in [7, 11) is 0. The molecule has 0 fully saturated rings. The molecule has 0 saturated carbocycles. The van der Waals surface area contributed by atoms with E-state index in [1.807, 2.05) is 53.8 Å². The quantitative estimate of drug-likeness (QED) is 0.215. The van der Waals surface area contributed by atoms with Gasteiger partial charge in [-0.1, -0.05) is 60.7 Å². The second-order valence-corrected chi connectivity index (χ2v) is 11.5. The number of rotatable bonds is 4. The number of benzene rings is 6. The largest absolute Gasteiger partial charge is 0.456 e.